The largest absolute Gasteiger partial charge is 0.366 e. The van der Waals surface area contributed by atoms with Crippen LogP contribution in [0.25, 0.3) is 10.9 Å². The molecule has 21 heavy (non-hydrogen) atoms. The molecular weight excluding hydrogens is 266 g/mol. The monoisotopic (exact) mass is 283 g/mol. The minimum Gasteiger partial charge on any atom is -0.366 e. The van der Waals surface area contributed by atoms with Gasteiger partial charge in [-0.3, -0.25) is 4.79 Å². The van der Waals surface area contributed by atoms with E-state index in [4.69, 9.17) is 5.73 Å². The zero-order valence-electron chi connectivity index (χ0n) is 11.9. The Kier molecular flexibility index (Phi) is 3.15. The van der Waals surface area contributed by atoms with Crippen LogP contribution in [0.4, 0.5) is 0 Å². The number of nitriles is 1. The number of piperidine rings is 1. The molecule has 0 aliphatic carbocycles. The number of amides is 1. The summed E-state index contributed by atoms with van der Waals surface area (Å²) in [7, 11) is 0. The van der Waals surface area contributed by atoms with E-state index in [9.17, 15) is 10.1 Å². The number of carbonyl (C=O) groups is 1. The molecule has 0 bridgehead atoms. The number of primary amides is 1. The van der Waals surface area contributed by atoms with E-state index in [-0.39, 0.29) is 5.54 Å². The van der Waals surface area contributed by atoms with Crippen LogP contribution in [-0.4, -0.2) is 28.8 Å². The summed E-state index contributed by atoms with van der Waals surface area (Å²) in [6.07, 6.45) is 1.78. The maximum absolute atomic E-state index is 11.6. The van der Waals surface area contributed by atoms with Gasteiger partial charge in [-0.2, -0.15) is 10.4 Å². The lowest BCUT2D eigenvalue weighted by atomic mass is 9.90. The molecule has 6 heteroatoms. The lowest BCUT2D eigenvalue weighted by Gasteiger charge is -2.34. The number of nitrogens with two attached hydrogens (primary N) is 1. The zero-order chi connectivity index (χ0) is 15.0. The molecule has 108 valence electrons. The number of aromatic nitrogens is 2. The lowest BCUT2D eigenvalue weighted by molar-refractivity contribution is 0.100. The standard InChI is InChI=1S/C15H17N5O/c1-15(5-7-18-8-6-15)20-12(9-16)10-3-2-4-11(14(17)21)13(10)19-20/h2-4,18H,5-8H2,1H3,(H2,17,21). The van der Waals surface area contributed by atoms with Gasteiger partial charge >= 0.3 is 0 Å². The minimum atomic E-state index is -0.523. The summed E-state index contributed by atoms with van der Waals surface area (Å²) < 4.78 is 1.78. The Morgan fingerprint density at radius 2 is 2.19 bits per heavy atom. The molecule has 6 nitrogen and oxygen atoms in total. The number of nitrogens with zero attached hydrogens (tertiary/aromatic N) is 3. The maximum Gasteiger partial charge on any atom is 0.250 e. The Hall–Kier alpha value is -2.39. The topological polar surface area (TPSA) is 96.7 Å². The molecule has 2 heterocycles. The smallest absolute Gasteiger partial charge is 0.250 e. The second-order valence-corrected chi connectivity index (χ2v) is 5.69. The van der Waals surface area contributed by atoms with Crippen molar-refractivity contribution in [1.29, 1.82) is 5.26 Å². The highest BCUT2D eigenvalue weighted by Crippen LogP contribution is 2.31. The molecule has 0 atom stereocenters. The summed E-state index contributed by atoms with van der Waals surface area (Å²) >= 11 is 0. The van der Waals surface area contributed by atoms with Crippen molar-refractivity contribution < 1.29 is 4.79 Å². The van der Waals surface area contributed by atoms with Crippen LogP contribution < -0.4 is 11.1 Å². The minimum absolute atomic E-state index is 0.218. The number of fused-ring (bicyclic) bond motifs is 1. The van der Waals surface area contributed by atoms with E-state index in [1.165, 1.54) is 0 Å². The van der Waals surface area contributed by atoms with Crippen LogP contribution in [0, 0.1) is 11.3 Å². The van der Waals surface area contributed by atoms with Crippen molar-refractivity contribution in [2.75, 3.05) is 13.1 Å². The number of hydrogen-bond acceptors (Lipinski definition) is 4. The van der Waals surface area contributed by atoms with E-state index in [1.54, 1.807) is 16.8 Å². The van der Waals surface area contributed by atoms with Crippen molar-refractivity contribution >= 4 is 16.8 Å². The summed E-state index contributed by atoms with van der Waals surface area (Å²) in [5.74, 6) is -0.523. The van der Waals surface area contributed by atoms with Gasteiger partial charge in [-0.15, -0.1) is 0 Å². The highest BCUT2D eigenvalue weighted by atomic mass is 16.1. The Labute approximate surface area is 122 Å². The average Bonchev–Trinajstić information content (AvgIpc) is 2.87. The average molecular weight is 283 g/mol. The molecule has 1 amide bonds. The predicted molar refractivity (Wildman–Crippen MR) is 78.7 cm³/mol. The quantitative estimate of drug-likeness (QED) is 0.862. The number of benzene rings is 1. The Morgan fingerprint density at radius 3 is 2.81 bits per heavy atom. The van der Waals surface area contributed by atoms with Gasteiger partial charge in [0.1, 0.15) is 17.3 Å². The third-order valence-corrected chi connectivity index (χ3v) is 4.27. The summed E-state index contributed by atoms with van der Waals surface area (Å²) in [6, 6.07) is 7.43. The summed E-state index contributed by atoms with van der Waals surface area (Å²) in [4.78, 5) is 11.6. The first-order chi connectivity index (χ1) is 10.1. The first kappa shape index (κ1) is 13.6. The zero-order valence-corrected chi connectivity index (χ0v) is 11.9. The van der Waals surface area contributed by atoms with Crippen LogP contribution in [0.2, 0.25) is 0 Å². The molecule has 1 saturated heterocycles. The Morgan fingerprint density at radius 1 is 1.48 bits per heavy atom. The molecule has 1 fully saturated rings. The van der Waals surface area contributed by atoms with Gasteiger partial charge in [0.2, 0.25) is 0 Å². The van der Waals surface area contributed by atoms with Crippen LogP contribution >= 0.6 is 0 Å². The Bertz CT molecular complexity index is 749. The second-order valence-electron chi connectivity index (χ2n) is 5.69. The number of hydrogen-bond donors (Lipinski definition) is 2. The van der Waals surface area contributed by atoms with Gasteiger partial charge in [-0.05, 0) is 45.0 Å². The number of rotatable bonds is 2. The summed E-state index contributed by atoms with van der Waals surface area (Å²) in [5, 5.41) is 18.1. The Balaban J connectivity index is 2.26. The van der Waals surface area contributed by atoms with E-state index in [0.717, 1.165) is 25.9 Å². The second kappa shape index (κ2) is 4.86. The van der Waals surface area contributed by atoms with Gasteiger partial charge in [0.25, 0.3) is 5.91 Å². The molecule has 1 aromatic carbocycles. The fraction of sp³-hybridized carbons (Fsp3) is 0.400. The van der Waals surface area contributed by atoms with Crippen LogP contribution in [0.1, 0.15) is 35.8 Å². The van der Waals surface area contributed by atoms with Crippen molar-refractivity contribution in [3.05, 3.63) is 29.5 Å². The van der Waals surface area contributed by atoms with E-state index >= 15 is 0 Å². The normalized spacial score (nSPS) is 17.5. The fourth-order valence-corrected chi connectivity index (χ4v) is 2.98. The SMILES string of the molecule is CC1(n2nc3c(C(N)=O)cccc3c2C#N)CCNCC1. The van der Waals surface area contributed by atoms with Crippen molar-refractivity contribution in [3.8, 4) is 6.07 Å². The molecule has 0 saturated carbocycles. The maximum atomic E-state index is 11.6. The van der Waals surface area contributed by atoms with Gasteiger partial charge in [-0.1, -0.05) is 6.07 Å². The molecule has 1 aliphatic heterocycles. The molecule has 3 N–H and O–H groups in total. The van der Waals surface area contributed by atoms with Crippen LogP contribution in [0.3, 0.4) is 0 Å². The lowest BCUT2D eigenvalue weighted by Crippen LogP contribution is -2.43. The van der Waals surface area contributed by atoms with E-state index < -0.39 is 5.91 Å². The fourth-order valence-electron chi connectivity index (χ4n) is 2.98. The van der Waals surface area contributed by atoms with Gasteiger partial charge in [-0.25, -0.2) is 4.68 Å². The van der Waals surface area contributed by atoms with Gasteiger partial charge in [0.15, 0.2) is 0 Å². The molecule has 0 spiro atoms. The van der Waals surface area contributed by atoms with E-state index in [1.807, 2.05) is 6.07 Å². The van der Waals surface area contributed by atoms with Crippen molar-refractivity contribution in [1.82, 2.24) is 15.1 Å². The molecule has 2 aromatic rings. The number of nitrogens with one attached hydrogen (secondary N) is 1. The van der Waals surface area contributed by atoms with Gasteiger partial charge in [0.05, 0.1) is 11.1 Å². The summed E-state index contributed by atoms with van der Waals surface area (Å²) in [6.45, 7) is 3.88. The van der Waals surface area contributed by atoms with Crippen LogP contribution in [0.15, 0.2) is 18.2 Å². The van der Waals surface area contributed by atoms with Crippen molar-refractivity contribution in [2.24, 2.45) is 5.73 Å². The molecule has 0 radical (unpaired) electrons. The first-order valence-corrected chi connectivity index (χ1v) is 7.00. The van der Waals surface area contributed by atoms with E-state index in [0.29, 0.717) is 22.2 Å². The number of carbonyl (C=O) groups excluding carboxylic acids is 1. The summed E-state index contributed by atoms with van der Waals surface area (Å²) in [5.41, 5.74) is 6.57. The van der Waals surface area contributed by atoms with Crippen LogP contribution in [0.5, 0.6) is 0 Å². The van der Waals surface area contributed by atoms with Gasteiger partial charge < -0.3 is 11.1 Å². The highest BCUT2D eigenvalue weighted by Gasteiger charge is 2.33. The van der Waals surface area contributed by atoms with Crippen molar-refractivity contribution in [2.45, 2.75) is 25.3 Å². The third-order valence-electron chi connectivity index (χ3n) is 4.27. The van der Waals surface area contributed by atoms with E-state index in [2.05, 4.69) is 23.4 Å². The van der Waals surface area contributed by atoms with Crippen molar-refractivity contribution in [3.63, 3.8) is 0 Å². The molecule has 0 unspecified atom stereocenters. The molecule has 3 rings (SSSR count). The predicted octanol–water partition coefficient (Wildman–Crippen LogP) is 1.11. The third kappa shape index (κ3) is 2.06. The first-order valence-electron chi connectivity index (χ1n) is 7.00. The highest BCUT2D eigenvalue weighted by molar-refractivity contribution is 6.05. The van der Waals surface area contributed by atoms with Crippen LogP contribution in [-0.2, 0) is 5.54 Å². The van der Waals surface area contributed by atoms with Gasteiger partial charge in [0, 0.05) is 5.39 Å². The molecule has 1 aliphatic rings. The molecule has 1 aromatic heterocycles. The molecular formula is C15H17N5O.